The number of fused-ring (bicyclic) bond motifs is 2. The van der Waals surface area contributed by atoms with E-state index in [1.54, 1.807) is 6.07 Å². The zero-order chi connectivity index (χ0) is 17.6. The van der Waals surface area contributed by atoms with Gasteiger partial charge in [-0.1, -0.05) is 17.7 Å². The Morgan fingerprint density at radius 2 is 2.00 bits per heavy atom. The molecule has 0 amide bonds. The second-order valence-electron chi connectivity index (χ2n) is 6.60. The second kappa shape index (κ2) is 6.28. The summed E-state index contributed by atoms with van der Waals surface area (Å²) in [6.07, 6.45) is 3.13. The standard InChI is InChI=1S/C20H19ClFN3/c1-12-9-13(7-8-25(12)2)20-16-10-14(21)3-5-17(16)23-18-6-4-15(22)11-19(18)24-20/h3-6,9-12,23H,7-8H2,1-2H3/t12-/m0/s1. The van der Waals surface area contributed by atoms with Crippen molar-refractivity contribution in [2.45, 2.75) is 19.4 Å². The number of hydrogen-bond donors (Lipinski definition) is 1. The van der Waals surface area contributed by atoms with Crippen LogP contribution in [0.25, 0.3) is 0 Å². The van der Waals surface area contributed by atoms with Crippen LogP contribution in [0.15, 0.2) is 53.0 Å². The van der Waals surface area contributed by atoms with Gasteiger partial charge in [0.1, 0.15) is 5.82 Å². The molecule has 0 fully saturated rings. The smallest absolute Gasteiger partial charge is 0.125 e. The highest BCUT2D eigenvalue weighted by atomic mass is 35.5. The van der Waals surface area contributed by atoms with Gasteiger partial charge in [0.15, 0.2) is 0 Å². The van der Waals surface area contributed by atoms with Gasteiger partial charge in [0.2, 0.25) is 0 Å². The first-order valence-electron chi connectivity index (χ1n) is 8.38. The summed E-state index contributed by atoms with van der Waals surface area (Å²) < 4.78 is 13.8. The molecule has 2 aromatic carbocycles. The number of halogens is 2. The first kappa shape index (κ1) is 16.3. The summed E-state index contributed by atoms with van der Waals surface area (Å²) in [7, 11) is 2.11. The van der Waals surface area contributed by atoms with Gasteiger partial charge in [0.05, 0.1) is 17.1 Å². The minimum Gasteiger partial charge on any atom is -0.353 e. The largest absolute Gasteiger partial charge is 0.353 e. The molecular formula is C20H19ClFN3. The number of rotatable bonds is 1. The maximum atomic E-state index is 13.8. The molecule has 1 atom stereocenters. The van der Waals surface area contributed by atoms with Crippen LogP contribution in [0.3, 0.4) is 0 Å². The monoisotopic (exact) mass is 355 g/mol. The van der Waals surface area contributed by atoms with Crippen LogP contribution in [-0.2, 0) is 0 Å². The molecule has 5 heteroatoms. The average Bonchev–Trinajstić information content (AvgIpc) is 2.74. The third-order valence-corrected chi connectivity index (χ3v) is 5.11. The van der Waals surface area contributed by atoms with E-state index in [0.29, 0.717) is 16.8 Å². The molecule has 128 valence electrons. The molecule has 3 nitrogen and oxygen atoms in total. The molecule has 0 aromatic heterocycles. The van der Waals surface area contributed by atoms with Crippen molar-refractivity contribution < 1.29 is 4.39 Å². The predicted molar refractivity (Wildman–Crippen MR) is 102 cm³/mol. The van der Waals surface area contributed by atoms with Crippen molar-refractivity contribution in [3.05, 3.63) is 64.5 Å². The molecule has 0 bridgehead atoms. The third-order valence-electron chi connectivity index (χ3n) is 4.87. The van der Waals surface area contributed by atoms with E-state index in [4.69, 9.17) is 16.6 Å². The normalized spacial score (nSPS) is 19.9. The lowest BCUT2D eigenvalue weighted by Gasteiger charge is -2.29. The average molecular weight is 356 g/mol. The van der Waals surface area contributed by atoms with E-state index in [0.717, 1.165) is 35.6 Å². The van der Waals surface area contributed by atoms with Gasteiger partial charge in [-0.05, 0) is 56.3 Å². The van der Waals surface area contributed by atoms with Gasteiger partial charge in [-0.2, -0.15) is 0 Å². The zero-order valence-electron chi connectivity index (χ0n) is 14.2. The Hall–Kier alpha value is -2.17. The van der Waals surface area contributed by atoms with E-state index in [1.807, 2.05) is 18.2 Å². The molecule has 2 aliphatic rings. The molecule has 4 rings (SSSR count). The second-order valence-corrected chi connectivity index (χ2v) is 7.04. The van der Waals surface area contributed by atoms with Gasteiger partial charge < -0.3 is 5.32 Å². The topological polar surface area (TPSA) is 27.6 Å². The minimum absolute atomic E-state index is 0.293. The van der Waals surface area contributed by atoms with Crippen molar-refractivity contribution in [1.29, 1.82) is 0 Å². The Morgan fingerprint density at radius 1 is 1.20 bits per heavy atom. The molecule has 0 saturated carbocycles. The molecule has 0 spiro atoms. The highest BCUT2D eigenvalue weighted by Gasteiger charge is 2.24. The predicted octanol–water partition coefficient (Wildman–Crippen LogP) is 5.31. The number of hydrogen-bond acceptors (Lipinski definition) is 3. The lowest BCUT2D eigenvalue weighted by atomic mass is 9.94. The van der Waals surface area contributed by atoms with Crippen LogP contribution in [0.2, 0.25) is 5.02 Å². The molecule has 2 aliphatic heterocycles. The Balaban J connectivity index is 1.93. The van der Waals surface area contributed by atoms with Crippen molar-refractivity contribution in [2.75, 3.05) is 18.9 Å². The summed E-state index contributed by atoms with van der Waals surface area (Å²) in [5, 5.41) is 4.03. The minimum atomic E-state index is -0.293. The van der Waals surface area contributed by atoms with Gasteiger partial charge in [-0.25, -0.2) is 9.38 Å². The fraction of sp³-hybridized carbons (Fsp3) is 0.250. The van der Waals surface area contributed by atoms with E-state index in [1.165, 1.54) is 17.7 Å². The van der Waals surface area contributed by atoms with E-state index < -0.39 is 0 Å². The highest BCUT2D eigenvalue weighted by molar-refractivity contribution is 6.31. The van der Waals surface area contributed by atoms with Crippen LogP contribution in [0.5, 0.6) is 0 Å². The van der Waals surface area contributed by atoms with E-state index in [2.05, 4.69) is 30.3 Å². The zero-order valence-corrected chi connectivity index (χ0v) is 14.9. The van der Waals surface area contributed by atoms with Crippen molar-refractivity contribution >= 4 is 34.4 Å². The van der Waals surface area contributed by atoms with Crippen molar-refractivity contribution in [3.63, 3.8) is 0 Å². The quantitative estimate of drug-likeness (QED) is 0.751. The first-order valence-corrected chi connectivity index (χ1v) is 8.75. The molecule has 0 aliphatic carbocycles. The molecule has 0 radical (unpaired) electrons. The number of nitrogens with one attached hydrogen (secondary N) is 1. The summed E-state index contributed by atoms with van der Waals surface area (Å²) in [5.74, 6) is -0.293. The van der Waals surface area contributed by atoms with Crippen molar-refractivity contribution in [3.8, 4) is 0 Å². The third kappa shape index (κ3) is 3.08. The number of benzene rings is 2. The highest BCUT2D eigenvalue weighted by Crippen LogP contribution is 2.38. The molecule has 0 unspecified atom stereocenters. The number of aliphatic imine (C=N–C) groups is 1. The Labute approximate surface area is 151 Å². The molecule has 2 heterocycles. The number of nitrogens with zero attached hydrogens (tertiary/aromatic N) is 2. The van der Waals surface area contributed by atoms with Crippen LogP contribution >= 0.6 is 11.6 Å². The summed E-state index contributed by atoms with van der Waals surface area (Å²) in [5.41, 5.74) is 5.33. The van der Waals surface area contributed by atoms with Crippen molar-refractivity contribution in [2.24, 2.45) is 4.99 Å². The van der Waals surface area contributed by atoms with E-state index >= 15 is 0 Å². The molecule has 0 saturated heterocycles. The van der Waals surface area contributed by atoms with E-state index in [-0.39, 0.29) is 5.82 Å². The maximum absolute atomic E-state index is 13.8. The van der Waals surface area contributed by atoms with Gasteiger partial charge in [-0.3, -0.25) is 4.90 Å². The van der Waals surface area contributed by atoms with Crippen LogP contribution in [0.1, 0.15) is 18.9 Å². The van der Waals surface area contributed by atoms with Gasteiger partial charge >= 0.3 is 0 Å². The first-order chi connectivity index (χ1) is 12.0. The van der Waals surface area contributed by atoms with Crippen LogP contribution in [-0.4, -0.2) is 30.2 Å². The molecule has 2 aromatic rings. The summed E-state index contributed by atoms with van der Waals surface area (Å²) in [4.78, 5) is 7.13. The van der Waals surface area contributed by atoms with E-state index in [9.17, 15) is 4.39 Å². The van der Waals surface area contributed by atoms with Gasteiger partial charge in [0, 0.05) is 34.9 Å². The van der Waals surface area contributed by atoms with Gasteiger partial charge in [-0.15, -0.1) is 0 Å². The lowest BCUT2D eigenvalue weighted by molar-refractivity contribution is 0.288. The molecular weight excluding hydrogens is 337 g/mol. The molecule has 25 heavy (non-hydrogen) atoms. The molecule has 1 N–H and O–H groups in total. The number of likely N-dealkylation sites (N-methyl/N-ethyl adjacent to an activating group) is 1. The summed E-state index contributed by atoms with van der Waals surface area (Å²) >= 11 is 6.25. The fourth-order valence-electron chi connectivity index (χ4n) is 3.29. The number of anilines is 2. The fourth-order valence-corrected chi connectivity index (χ4v) is 3.47. The van der Waals surface area contributed by atoms with Crippen LogP contribution < -0.4 is 5.32 Å². The summed E-state index contributed by atoms with van der Waals surface area (Å²) in [6, 6.07) is 10.7. The lowest BCUT2D eigenvalue weighted by Crippen LogP contribution is -2.33. The van der Waals surface area contributed by atoms with Crippen LogP contribution in [0, 0.1) is 5.82 Å². The SMILES string of the molecule is C[C@H]1C=C(C2=Nc3cc(F)ccc3Nc3ccc(Cl)cc32)CCN1C. The van der Waals surface area contributed by atoms with Gasteiger partial charge in [0.25, 0.3) is 0 Å². The Morgan fingerprint density at radius 3 is 2.80 bits per heavy atom. The van der Waals surface area contributed by atoms with Crippen molar-refractivity contribution in [1.82, 2.24) is 4.90 Å². The maximum Gasteiger partial charge on any atom is 0.125 e. The van der Waals surface area contributed by atoms with Crippen LogP contribution in [0.4, 0.5) is 21.5 Å². The Bertz CT molecular complexity index is 904. The summed E-state index contributed by atoms with van der Waals surface area (Å²) in [6.45, 7) is 3.13. The Kier molecular flexibility index (Phi) is 4.10.